The summed E-state index contributed by atoms with van der Waals surface area (Å²) in [6, 6.07) is 8.49. The maximum absolute atomic E-state index is 13.4. The Labute approximate surface area is 221 Å². The van der Waals surface area contributed by atoms with Crippen molar-refractivity contribution in [2.75, 3.05) is 6.54 Å². The number of fused-ring (bicyclic) bond motifs is 1. The number of aliphatic hydroxyl groups is 1. The number of rotatable bonds is 5. The van der Waals surface area contributed by atoms with E-state index in [0.717, 1.165) is 23.1 Å². The van der Waals surface area contributed by atoms with Gasteiger partial charge in [0.2, 0.25) is 5.91 Å². The number of aliphatic carboxylic acids is 1. The van der Waals surface area contributed by atoms with E-state index in [0.29, 0.717) is 49.5 Å². The van der Waals surface area contributed by atoms with Gasteiger partial charge < -0.3 is 26.2 Å². The average molecular weight is 557 g/mol. The number of nitrogens with one attached hydrogen (secondary N) is 1. The number of aromatic nitrogens is 1. The van der Waals surface area contributed by atoms with Crippen LogP contribution in [0.15, 0.2) is 36.5 Å². The lowest BCUT2D eigenvalue weighted by Crippen LogP contribution is -2.54. The summed E-state index contributed by atoms with van der Waals surface area (Å²) in [5.41, 5.74) is 7.17. The molecule has 1 saturated heterocycles. The second-order valence-electron chi connectivity index (χ2n) is 9.02. The molecule has 4 rings (SSSR count). The predicted molar refractivity (Wildman–Crippen MR) is 131 cm³/mol. The molecule has 2 aliphatic rings. The number of nitrogens with zero attached hydrogens (tertiary/aromatic N) is 2. The molecule has 5 N–H and O–H groups in total. The number of nitrogens with two attached hydrogens (primary N) is 1. The highest BCUT2D eigenvalue weighted by Crippen LogP contribution is 2.37. The number of hydrogen-bond acceptors (Lipinski definition) is 6. The lowest BCUT2D eigenvalue weighted by Gasteiger charge is -2.36. The third kappa shape index (κ3) is 6.61. The van der Waals surface area contributed by atoms with E-state index < -0.39 is 29.7 Å². The van der Waals surface area contributed by atoms with Gasteiger partial charge in [-0.15, -0.1) is 0 Å². The number of aryl methyl sites for hydroxylation is 1. The molecule has 2 heterocycles. The van der Waals surface area contributed by atoms with Gasteiger partial charge in [0.25, 0.3) is 5.91 Å². The monoisotopic (exact) mass is 556 g/mol. The second kappa shape index (κ2) is 12.1. The molecule has 1 unspecified atom stereocenters. The number of likely N-dealkylation sites (tertiary alicyclic amines) is 1. The van der Waals surface area contributed by atoms with E-state index >= 15 is 0 Å². The number of alkyl halides is 3. The zero-order valence-corrected chi connectivity index (χ0v) is 21.1. The number of halogens is 4. The van der Waals surface area contributed by atoms with Gasteiger partial charge in [-0.1, -0.05) is 23.7 Å². The summed E-state index contributed by atoms with van der Waals surface area (Å²) in [5, 5.41) is 22.0. The molecule has 206 valence electrons. The number of carbonyl (C=O) groups is 3. The van der Waals surface area contributed by atoms with Crippen molar-refractivity contribution in [2.24, 2.45) is 5.73 Å². The molecule has 0 bridgehead atoms. The van der Waals surface area contributed by atoms with Gasteiger partial charge in [0.05, 0.1) is 5.69 Å². The molecule has 2 aromatic rings. The van der Waals surface area contributed by atoms with Crippen molar-refractivity contribution in [3.05, 3.63) is 63.9 Å². The minimum absolute atomic E-state index is 0.241. The number of carboxylic acid groups (broad SMARTS) is 1. The van der Waals surface area contributed by atoms with Crippen LogP contribution in [0.5, 0.6) is 0 Å². The summed E-state index contributed by atoms with van der Waals surface area (Å²) in [6.45, 7) is 1.06. The lowest BCUT2D eigenvalue weighted by atomic mass is 9.81. The van der Waals surface area contributed by atoms with Gasteiger partial charge in [-0.25, -0.2) is 4.79 Å². The SMILES string of the molecule is NCc1ccc(Cl)cc1CNC(=O)[C@@H]1CCCN1C(=O)C1(O)CCCc2cccnc21.O=C(O)C(F)(F)F. The molecule has 13 heteroatoms. The first-order valence-electron chi connectivity index (χ1n) is 11.9. The summed E-state index contributed by atoms with van der Waals surface area (Å²) in [5.74, 6) is -3.43. The van der Waals surface area contributed by atoms with Crippen molar-refractivity contribution in [3.8, 4) is 0 Å². The molecule has 1 aliphatic heterocycles. The molecule has 0 radical (unpaired) electrons. The average Bonchev–Trinajstić information content (AvgIpc) is 3.37. The van der Waals surface area contributed by atoms with Crippen LogP contribution in [0.2, 0.25) is 5.02 Å². The Morgan fingerprint density at radius 2 is 1.92 bits per heavy atom. The summed E-state index contributed by atoms with van der Waals surface area (Å²) in [6.07, 6.45) is -0.435. The molecule has 1 aromatic carbocycles. The van der Waals surface area contributed by atoms with Crippen LogP contribution in [0.25, 0.3) is 0 Å². The number of amides is 2. The highest BCUT2D eigenvalue weighted by molar-refractivity contribution is 6.30. The summed E-state index contributed by atoms with van der Waals surface area (Å²) >= 11 is 6.08. The number of carbonyl (C=O) groups excluding carboxylic acids is 2. The first kappa shape index (κ1) is 29.3. The molecule has 0 spiro atoms. The maximum Gasteiger partial charge on any atom is 0.490 e. The summed E-state index contributed by atoms with van der Waals surface area (Å²) in [4.78, 5) is 41.2. The van der Waals surface area contributed by atoms with Crippen molar-refractivity contribution in [2.45, 2.75) is 63.0 Å². The van der Waals surface area contributed by atoms with Crippen LogP contribution in [-0.2, 0) is 39.5 Å². The standard InChI is InChI=1S/C23H27ClN4O3.C2HF3O2/c24-18-8-7-16(13-25)17(12-18)14-27-21(29)19-6-3-11-28(19)22(30)23(31)9-1-4-15-5-2-10-26-20(15)23;3-2(4,5)1(6)7/h2,5,7-8,10,12,19,31H,1,3-4,6,9,11,13-14,25H2,(H,27,29);(H,6,7)/t19-,23?;/m0./s1. The van der Waals surface area contributed by atoms with Crippen LogP contribution in [0.3, 0.4) is 0 Å². The van der Waals surface area contributed by atoms with Crippen LogP contribution < -0.4 is 11.1 Å². The molecule has 1 aromatic heterocycles. The zero-order valence-electron chi connectivity index (χ0n) is 20.3. The molecule has 38 heavy (non-hydrogen) atoms. The Kier molecular flexibility index (Phi) is 9.34. The molecular formula is C25H28ClF3N4O5. The molecule has 1 fully saturated rings. The fraction of sp³-hybridized carbons (Fsp3) is 0.440. The van der Waals surface area contributed by atoms with Gasteiger partial charge in [-0.05, 0) is 67.0 Å². The third-order valence-electron chi connectivity index (χ3n) is 6.52. The second-order valence-corrected chi connectivity index (χ2v) is 9.46. The van der Waals surface area contributed by atoms with E-state index in [2.05, 4.69) is 10.3 Å². The van der Waals surface area contributed by atoms with Gasteiger partial charge in [-0.3, -0.25) is 14.6 Å². The first-order chi connectivity index (χ1) is 17.9. The minimum Gasteiger partial charge on any atom is -0.475 e. The first-order valence-corrected chi connectivity index (χ1v) is 12.3. The van der Waals surface area contributed by atoms with Gasteiger partial charge in [0.15, 0.2) is 5.60 Å². The van der Waals surface area contributed by atoms with E-state index in [1.165, 1.54) is 4.90 Å². The Balaban J connectivity index is 0.000000505. The van der Waals surface area contributed by atoms with Gasteiger partial charge >= 0.3 is 12.1 Å². The van der Waals surface area contributed by atoms with Crippen molar-refractivity contribution >= 4 is 29.4 Å². The normalized spacial score (nSPS) is 20.7. The minimum atomic E-state index is -5.08. The molecule has 2 amide bonds. The lowest BCUT2D eigenvalue weighted by molar-refractivity contribution is -0.192. The van der Waals surface area contributed by atoms with E-state index in [1.807, 2.05) is 18.2 Å². The van der Waals surface area contributed by atoms with Crippen LogP contribution in [-0.4, -0.2) is 56.6 Å². The number of benzene rings is 1. The van der Waals surface area contributed by atoms with Crippen molar-refractivity contribution in [1.29, 1.82) is 0 Å². The van der Waals surface area contributed by atoms with Crippen molar-refractivity contribution in [1.82, 2.24) is 15.2 Å². The summed E-state index contributed by atoms with van der Waals surface area (Å²) in [7, 11) is 0. The van der Waals surface area contributed by atoms with E-state index in [-0.39, 0.29) is 12.5 Å². The Hall–Kier alpha value is -3.22. The number of pyridine rings is 1. The van der Waals surface area contributed by atoms with Crippen molar-refractivity contribution < 1.29 is 37.8 Å². The quantitative estimate of drug-likeness (QED) is 0.443. The molecule has 0 saturated carbocycles. The van der Waals surface area contributed by atoms with E-state index in [4.69, 9.17) is 27.2 Å². The number of carboxylic acids is 1. The highest BCUT2D eigenvalue weighted by atomic mass is 35.5. The van der Waals surface area contributed by atoms with Crippen LogP contribution in [0.4, 0.5) is 13.2 Å². The molecule has 1 aliphatic carbocycles. The van der Waals surface area contributed by atoms with Crippen LogP contribution in [0.1, 0.15) is 48.1 Å². The van der Waals surface area contributed by atoms with E-state index in [1.54, 1.807) is 18.3 Å². The molecule has 9 nitrogen and oxygen atoms in total. The number of hydrogen-bond donors (Lipinski definition) is 4. The van der Waals surface area contributed by atoms with Gasteiger partial charge in [-0.2, -0.15) is 13.2 Å². The Morgan fingerprint density at radius 3 is 2.58 bits per heavy atom. The van der Waals surface area contributed by atoms with E-state index in [9.17, 15) is 27.9 Å². The molecular weight excluding hydrogens is 529 g/mol. The smallest absolute Gasteiger partial charge is 0.475 e. The van der Waals surface area contributed by atoms with Gasteiger partial charge in [0, 0.05) is 30.9 Å². The fourth-order valence-corrected chi connectivity index (χ4v) is 4.85. The maximum atomic E-state index is 13.4. The largest absolute Gasteiger partial charge is 0.490 e. The predicted octanol–water partition coefficient (Wildman–Crippen LogP) is 2.66. The zero-order chi connectivity index (χ0) is 28.1. The topological polar surface area (TPSA) is 146 Å². The molecule has 2 atom stereocenters. The Bertz CT molecular complexity index is 1200. The van der Waals surface area contributed by atoms with Crippen molar-refractivity contribution in [3.63, 3.8) is 0 Å². The third-order valence-corrected chi connectivity index (χ3v) is 6.76. The van der Waals surface area contributed by atoms with Crippen LogP contribution >= 0.6 is 11.6 Å². The summed E-state index contributed by atoms with van der Waals surface area (Å²) < 4.78 is 31.7. The Morgan fingerprint density at radius 1 is 1.21 bits per heavy atom. The van der Waals surface area contributed by atoms with Gasteiger partial charge in [0.1, 0.15) is 6.04 Å². The van der Waals surface area contributed by atoms with Crippen LogP contribution in [0, 0.1) is 0 Å². The fourth-order valence-electron chi connectivity index (χ4n) is 4.65. The highest BCUT2D eigenvalue weighted by Gasteiger charge is 2.48.